The Labute approximate surface area is 221 Å². The third-order valence-electron chi connectivity index (χ3n) is 9.10. The zero-order valence-electron chi connectivity index (χ0n) is 22.6. The smallest absolute Gasteiger partial charge is 0.261 e. The van der Waals surface area contributed by atoms with Crippen LogP contribution in [-0.2, 0) is 4.74 Å². The minimum Gasteiger partial charge on any atom is -0.385 e. The molecule has 2 N–H and O–H groups in total. The number of hydrogen-bond donors (Lipinski definition) is 2. The fraction of sp³-hybridized carbons (Fsp3) is 0.613. The summed E-state index contributed by atoms with van der Waals surface area (Å²) < 4.78 is 6.28. The first-order valence-corrected chi connectivity index (χ1v) is 14.3. The summed E-state index contributed by atoms with van der Waals surface area (Å²) in [4.78, 5) is 29.3. The molecule has 2 aromatic rings. The van der Waals surface area contributed by atoms with Gasteiger partial charge in [0.25, 0.3) is 11.8 Å². The predicted molar refractivity (Wildman–Crippen MR) is 145 cm³/mol. The minimum atomic E-state index is -0.459. The third-order valence-corrected chi connectivity index (χ3v) is 9.10. The van der Waals surface area contributed by atoms with Crippen LogP contribution in [-0.4, -0.2) is 66.8 Å². The number of piperidine rings is 1. The molecule has 0 aromatic heterocycles. The van der Waals surface area contributed by atoms with Crippen LogP contribution in [0.3, 0.4) is 0 Å². The molecule has 2 heterocycles. The zero-order chi connectivity index (χ0) is 26.1. The lowest BCUT2D eigenvalue weighted by Gasteiger charge is -2.38. The Morgan fingerprint density at radius 1 is 1.00 bits per heavy atom. The van der Waals surface area contributed by atoms with E-state index in [1.807, 2.05) is 36.4 Å². The first kappa shape index (κ1) is 26.3. The number of hydrogen-bond acceptors (Lipinski definition) is 4. The topological polar surface area (TPSA) is 71.3 Å². The van der Waals surface area contributed by atoms with Crippen LogP contribution >= 0.6 is 0 Å². The lowest BCUT2D eigenvalue weighted by molar-refractivity contribution is -0.909. The van der Waals surface area contributed by atoms with Crippen LogP contribution in [0.25, 0.3) is 10.8 Å². The Hall–Kier alpha value is -2.28. The molecule has 1 saturated heterocycles. The number of aliphatic hydroxyl groups excluding tert-OH is 1. The standard InChI is InChI=1S/C31H42N2O4/c1-20(2)25-11-10-21(3)16-28(25)37-19-24(34)18-32-14-12-22(13-15-32)17-33-30(35)26-8-4-6-23-7-5-9-27(29(23)26)31(33)36/h4-9,20-22,24-25,28,34H,10-19H2,1-3H3/p+1/t21-,24-,25+,28-/m1/s1. The number of benzene rings is 2. The molecular formula is C31H43N2O4+. The number of amides is 2. The Morgan fingerprint density at radius 3 is 2.27 bits per heavy atom. The van der Waals surface area contributed by atoms with Crippen molar-refractivity contribution in [3.05, 3.63) is 47.5 Å². The van der Waals surface area contributed by atoms with Crippen LogP contribution < -0.4 is 4.90 Å². The number of rotatable bonds is 8. The molecule has 200 valence electrons. The van der Waals surface area contributed by atoms with Crippen molar-refractivity contribution in [3.8, 4) is 0 Å². The monoisotopic (exact) mass is 507 g/mol. The van der Waals surface area contributed by atoms with Crippen LogP contribution in [0.15, 0.2) is 36.4 Å². The van der Waals surface area contributed by atoms with Gasteiger partial charge in [0.05, 0.1) is 25.8 Å². The fourth-order valence-electron chi connectivity index (χ4n) is 6.91. The van der Waals surface area contributed by atoms with Crippen molar-refractivity contribution in [2.45, 2.75) is 65.1 Å². The van der Waals surface area contributed by atoms with Gasteiger partial charge in [-0.05, 0) is 54.0 Å². The summed E-state index contributed by atoms with van der Waals surface area (Å²) >= 11 is 0. The van der Waals surface area contributed by atoms with Gasteiger partial charge in [-0.1, -0.05) is 51.5 Å². The number of likely N-dealkylation sites (tertiary alicyclic amines) is 1. The highest BCUT2D eigenvalue weighted by Gasteiger charge is 2.36. The normalized spacial score (nSPS) is 29.2. The van der Waals surface area contributed by atoms with Crippen LogP contribution in [0.5, 0.6) is 0 Å². The molecule has 6 heteroatoms. The number of imide groups is 1. The molecule has 3 aliphatic rings. The maximum atomic E-state index is 13.2. The molecule has 2 aromatic carbocycles. The van der Waals surface area contributed by atoms with Gasteiger partial charge in [-0.25, -0.2) is 0 Å². The molecule has 37 heavy (non-hydrogen) atoms. The van der Waals surface area contributed by atoms with E-state index in [4.69, 9.17) is 4.74 Å². The molecule has 0 spiro atoms. The Balaban J connectivity index is 1.11. The van der Waals surface area contributed by atoms with Gasteiger partial charge in [0, 0.05) is 35.9 Å². The SMILES string of the molecule is CC(C)[C@@H]1CC[C@@H](C)C[C@H]1OC[C@H](O)C[NH+]1CCC(CN2C(=O)c3cccc4cccc(c34)C2=O)CC1. The number of carbonyl (C=O) groups is 2. The Bertz CT molecular complexity index is 1070. The first-order valence-electron chi connectivity index (χ1n) is 14.3. The summed E-state index contributed by atoms with van der Waals surface area (Å²) in [5, 5.41) is 12.5. The lowest BCUT2D eigenvalue weighted by Crippen LogP contribution is -3.14. The largest absolute Gasteiger partial charge is 0.385 e. The maximum Gasteiger partial charge on any atom is 0.261 e. The average molecular weight is 508 g/mol. The number of nitrogens with zero attached hydrogens (tertiary/aromatic N) is 1. The van der Waals surface area contributed by atoms with Gasteiger partial charge in [-0.3, -0.25) is 14.5 Å². The minimum absolute atomic E-state index is 0.173. The van der Waals surface area contributed by atoms with Crippen LogP contribution in [0.1, 0.15) is 73.6 Å². The second-order valence-electron chi connectivity index (χ2n) is 12.2. The Kier molecular flexibility index (Phi) is 7.99. The van der Waals surface area contributed by atoms with E-state index in [9.17, 15) is 14.7 Å². The van der Waals surface area contributed by atoms with Gasteiger partial charge in [-0.15, -0.1) is 0 Å². The van der Waals surface area contributed by atoms with E-state index in [0.717, 1.165) is 43.1 Å². The molecule has 1 saturated carbocycles. The summed E-state index contributed by atoms with van der Waals surface area (Å²) in [6, 6.07) is 11.4. The number of nitrogens with one attached hydrogen (secondary N) is 1. The highest BCUT2D eigenvalue weighted by atomic mass is 16.5. The summed E-state index contributed by atoms with van der Waals surface area (Å²) in [5.41, 5.74) is 1.26. The van der Waals surface area contributed by atoms with E-state index < -0.39 is 6.10 Å². The van der Waals surface area contributed by atoms with Gasteiger partial charge in [-0.2, -0.15) is 0 Å². The number of carbonyl (C=O) groups excluding carboxylic acids is 2. The predicted octanol–water partition coefficient (Wildman–Crippen LogP) is 3.57. The van der Waals surface area contributed by atoms with E-state index in [-0.39, 0.29) is 17.9 Å². The van der Waals surface area contributed by atoms with E-state index in [2.05, 4.69) is 20.8 Å². The first-order chi connectivity index (χ1) is 17.8. The molecule has 5 rings (SSSR count). The summed E-state index contributed by atoms with van der Waals surface area (Å²) in [6.45, 7) is 10.3. The van der Waals surface area contributed by atoms with Crippen molar-refractivity contribution >= 4 is 22.6 Å². The molecule has 4 atom stereocenters. The highest BCUT2D eigenvalue weighted by Crippen LogP contribution is 2.35. The quantitative estimate of drug-likeness (QED) is 0.536. The van der Waals surface area contributed by atoms with Crippen LogP contribution in [0.2, 0.25) is 0 Å². The van der Waals surface area contributed by atoms with Crippen molar-refractivity contribution in [2.75, 3.05) is 32.8 Å². The van der Waals surface area contributed by atoms with Crippen LogP contribution in [0.4, 0.5) is 0 Å². The second kappa shape index (κ2) is 11.2. The van der Waals surface area contributed by atoms with Gasteiger partial charge >= 0.3 is 0 Å². The average Bonchev–Trinajstić information content (AvgIpc) is 2.89. The molecule has 0 unspecified atom stereocenters. The van der Waals surface area contributed by atoms with E-state index >= 15 is 0 Å². The lowest BCUT2D eigenvalue weighted by atomic mass is 9.75. The van der Waals surface area contributed by atoms with E-state index in [0.29, 0.717) is 54.5 Å². The van der Waals surface area contributed by atoms with Gasteiger partial charge in [0.15, 0.2) is 0 Å². The van der Waals surface area contributed by atoms with Crippen LogP contribution in [0, 0.1) is 23.7 Å². The van der Waals surface area contributed by atoms with Crippen molar-refractivity contribution in [1.29, 1.82) is 0 Å². The fourth-order valence-corrected chi connectivity index (χ4v) is 6.91. The maximum absolute atomic E-state index is 13.2. The molecule has 6 nitrogen and oxygen atoms in total. The summed E-state index contributed by atoms with van der Waals surface area (Å²) in [7, 11) is 0. The summed E-state index contributed by atoms with van der Waals surface area (Å²) in [5.74, 6) is 1.85. The van der Waals surface area contributed by atoms with Gasteiger partial charge in [0.2, 0.25) is 0 Å². The molecule has 2 fully saturated rings. The third kappa shape index (κ3) is 5.62. The number of quaternary nitrogens is 1. The highest BCUT2D eigenvalue weighted by molar-refractivity contribution is 6.25. The molecule has 0 radical (unpaired) electrons. The van der Waals surface area contributed by atoms with Crippen molar-refractivity contribution < 1.29 is 24.3 Å². The van der Waals surface area contributed by atoms with Gasteiger partial charge < -0.3 is 14.7 Å². The molecule has 0 bridgehead atoms. The Morgan fingerprint density at radius 2 is 1.65 bits per heavy atom. The van der Waals surface area contributed by atoms with Crippen molar-refractivity contribution in [3.63, 3.8) is 0 Å². The molecule has 2 amide bonds. The summed E-state index contributed by atoms with van der Waals surface area (Å²) in [6.07, 6.45) is 5.29. The van der Waals surface area contributed by atoms with E-state index in [1.165, 1.54) is 22.6 Å². The second-order valence-corrected chi connectivity index (χ2v) is 12.2. The number of ether oxygens (including phenoxy) is 1. The molecule has 1 aliphatic carbocycles. The van der Waals surface area contributed by atoms with Gasteiger partial charge in [0.1, 0.15) is 12.6 Å². The molecular weight excluding hydrogens is 464 g/mol. The number of aliphatic hydroxyl groups is 1. The molecule has 2 aliphatic heterocycles. The zero-order valence-corrected chi connectivity index (χ0v) is 22.6. The van der Waals surface area contributed by atoms with E-state index in [1.54, 1.807) is 0 Å². The van der Waals surface area contributed by atoms with Crippen molar-refractivity contribution in [1.82, 2.24) is 4.90 Å². The van der Waals surface area contributed by atoms with Crippen molar-refractivity contribution in [2.24, 2.45) is 23.7 Å².